The molecule has 0 bridgehead atoms. The summed E-state index contributed by atoms with van der Waals surface area (Å²) >= 11 is 1.72. The summed E-state index contributed by atoms with van der Waals surface area (Å²) in [6.07, 6.45) is 0.953. The molecule has 5 heteroatoms. The largest absolute Gasteiger partial charge is 0.467 e. The van der Waals surface area contributed by atoms with E-state index in [1.807, 2.05) is 38.1 Å². The van der Waals surface area contributed by atoms with E-state index >= 15 is 0 Å². The first-order valence-electron chi connectivity index (χ1n) is 8.02. The molecule has 3 rings (SSSR count). The molecule has 24 heavy (non-hydrogen) atoms. The minimum atomic E-state index is -0.641. The van der Waals surface area contributed by atoms with Gasteiger partial charge in [-0.05, 0) is 31.5 Å². The van der Waals surface area contributed by atoms with Crippen molar-refractivity contribution in [2.45, 2.75) is 33.0 Å². The Morgan fingerprint density at radius 3 is 2.54 bits per heavy atom. The number of aliphatic hydroxyl groups is 1. The van der Waals surface area contributed by atoms with Crippen molar-refractivity contribution < 1.29 is 9.52 Å². The third kappa shape index (κ3) is 4.32. The summed E-state index contributed by atoms with van der Waals surface area (Å²) in [5.41, 5.74) is 2.30. The molecule has 0 saturated heterocycles. The minimum absolute atomic E-state index is 0.513. The van der Waals surface area contributed by atoms with Gasteiger partial charge >= 0.3 is 0 Å². The predicted octanol–water partition coefficient (Wildman–Crippen LogP) is 4.09. The lowest BCUT2D eigenvalue weighted by atomic mass is 10.2. The number of hydrogen-bond acceptors (Lipinski definition) is 5. The van der Waals surface area contributed by atoms with E-state index in [1.54, 1.807) is 23.7 Å². The van der Waals surface area contributed by atoms with Gasteiger partial charge in [-0.1, -0.05) is 30.3 Å². The standard InChI is InChI=1S/C19H22N2O2S/c1-14-19(24-15(2)20-14)13-21(11-16-7-4-3-5-8-16)12-17(22)18-9-6-10-23-18/h3-10,17,22H,11-13H2,1-2H3. The van der Waals surface area contributed by atoms with E-state index in [0.717, 1.165) is 23.8 Å². The van der Waals surface area contributed by atoms with E-state index in [2.05, 4.69) is 22.0 Å². The number of aromatic nitrogens is 1. The van der Waals surface area contributed by atoms with E-state index in [9.17, 15) is 5.11 Å². The maximum absolute atomic E-state index is 10.5. The quantitative estimate of drug-likeness (QED) is 0.703. The Bertz CT molecular complexity index is 753. The Labute approximate surface area is 146 Å². The fourth-order valence-electron chi connectivity index (χ4n) is 2.77. The van der Waals surface area contributed by atoms with Crippen molar-refractivity contribution in [1.29, 1.82) is 0 Å². The average Bonchev–Trinajstić information content (AvgIpc) is 3.19. The number of nitrogens with zero attached hydrogens (tertiary/aromatic N) is 2. The van der Waals surface area contributed by atoms with Crippen LogP contribution in [-0.4, -0.2) is 21.5 Å². The van der Waals surface area contributed by atoms with Gasteiger partial charge in [0.2, 0.25) is 0 Å². The number of hydrogen-bond donors (Lipinski definition) is 1. The van der Waals surface area contributed by atoms with Gasteiger partial charge in [0.1, 0.15) is 11.9 Å². The topological polar surface area (TPSA) is 49.5 Å². The minimum Gasteiger partial charge on any atom is -0.467 e. The van der Waals surface area contributed by atoms with Crippen molar-refractivity contribution in [3.63, 3.8) is 0 Å². The monoisotopic (exact) mass is 342 g/mol. The van der Waals surface area contributed by atoms with Crippen LogP contribution < -0.4 is 0 Å². The van der Waals surface area contributed by atoms with Crippen LogP contribution in [0.2, 0.25) is 0 Å². The molecule has 2 aromatic heterocycles. The number of rotatable bonds is 7. The summed E-state index contributed by atoms with van der Waals surface area (Å²) in [6, 6.07) is 13.9. The molecule has 1 aromatic carbocycles. The summed E-state index contributed by atoms with van der Waals surface area (Å²) in [5, 5.41) is 11.5. The van der Waals surface area contributed by atoms with Gasteiger partial charge in [-0.3, -0.25) is 4.90 Å². The summed E-state index contributed by atoms with van der Waals surface area (Å²) in [6.45, 7) is 6.13. The van der Waals surface area contributed by atoms with Crippen molar-refractivity contribution in [2.24, 2.45) is 0 Å². The molecule has 126 valence electrons. The molecule has 0 saturated carbocycles. The molecule has 1 N–H and O–H groups in total. The van der Waals surface area contributed by atoms with Gasteiger partial charge in [0, 0.05) is 24.5 Å². The Kier molecular flexibility index (Phi) is 5.45. The highest BCUT2D eigenvalue weighted by Gasteiger charge is 2.18. The zero-order valence-electron chi connectivity index (χ0n) is 14.0. The fraction of sp³-hybridized carbons (Fsp3) is 0.316. The first-order valence-corrected chi connectivity index (χ1v) is 8.84. The van der Waals surface area contributed by atoms with E-state index in [1.165, 1.54) is 10.4 Å². The average molecular weight is 342 g/mol. The molecular weight excluding hydrogens is 320 g/mol. The summed E-state index contributed by atoms with van der Waals surface area (Å²) in [5.74, 6) is 0.602. The maximum atomic E-state index is 10.5. The van der Waals surface area contributed by atoms with Gasteiger partial charge in [-0.25, -0.2) is 4.98 Å². The summed E-state index contributed by atoms with van der Waals surface area (Å²) in [7, 11) is 0. The van der Waals surface area contributed by atoms with Gasteiger partial charge in [0.15, 0.2) is 0 Å². The summed E-state index contributed by atoms with van der Waals surface area (Å²) in [4.78, 5) is 8.00. The van der Waals surface area contributed by atoms with Gasteiger partial charge in [-0.15, -0.1) is 11.3 Å². The molecule has 1 atom stereocenters. The second kappa shape index (κ2) is 7.75. The van der Waals surface area contributed by atoms with Crippen LogP contribution in [0.15, 0.2) is 53.1 Å². The highest BCUT2D eigenvalue weighted by atomic mass is 32.1. The number of aryl methyl sites for hydroxylation is 2. The molecule has 0 fully saturated rings. The molecule has 0 aliphatic rings. The van der Waals surface area contributed by atoms with E-state index < -0.39 is 6.10 Å². The molecule has 0 radical (unpaired) electrons. The zero-order chi connectivity index (χ0) is 16.9. The first-order chi connectivity index (χ1) is 11.6. The molecule has 0 aliphatic carbocycles. The highest BCUT2D eigenvalue weighted by molar-refractivity contribution is 7.11. The first kappa shape index (κ1) is 16.9. The Morgan fingerprint density at radius 2 is 1.92 bits per heavy atom. The van der Waals surface area contributed by atoms with Crippen LogP contribution in [0.4, 0.5) is 0 Å². The lowest BCUT2D eigenvalue weighted by molar-refractivity contribution is 0.0877. The highest BCUT2D eigenvalue weighted by Crippen LogP contribution is 2.23. The van der Waals surface area contributed by atoms with Crippen LogP contribution in [-0.2, 0) is 13.1 Å². The Morgan fingerprint density at radius 1 is 1.12 bits per heavy atom. The Hall–Kier alpha value is -1.95. The van der Waals surface area contributed by atoms with E-state index in [0.29, 0.717) is 12.3 Å². The molecule has 1 unspecified atom stereocenters. The number of aliphatic hydroxyl groups excluding tert-OH is 1. The lowest BCUT2D eigenvalue weighted by Crippen LogP contribution is -2.28. The smallest absolute Gasteiger partial charge is 0.133 e. The molecule has 4 nitrogen and oxygen atoms in total. The molecular formula is C19H22N2O2S. The molecule has 3 aromatic rings. The van der Waals surface area contributed by atoms with Crippen LogP contribution in [0.5, 0.6) is 0 Å². The summed E-state index contributed by atoms with van der Waals surface area (Å²) < 4.78 is 5.34. The van der Waals surface area contributed by atoms with Crippen LogP contribution in [0.1, 0.15) is 33.0 Å². The predicted molar refractivity (Wildman–Crippen MR) is 95.8 cm³/mol. The Balaban J connectivity index is 1.76. The van der Waals surface area contributed by atoms with Crippen molar-refractivity contribution in [3.05, 3.63) is 75.6 Å². The van der Waals surface area contributed by atoms with Crippen LogP contribution in [0, 0.1) is 13.8 Å². The van der Waals surface area contributed by atoms with Gasteiger partial charge in [0.05, 0.1) is 17.0 Å². The van der Waals surface area contributed by atoms with Crippen molar-refractivity contribution in [1.82, 2.24) is 9.88 Å². The van der Waals surface area contributed by atoms with Crippen LogP contribution in [0.25, 0.3) is 0 Å². The van der Waals surface area contributed by atoms with Crippen molar-refractivity contribution in [3.8, 4) is 0 Å². The SMILES string of the molecule is Cc1nc(C)c(CN(Cc2ccccc2)CC(O)c2ccco2)s1. The van der Waals surface area contributed by atoms with Crippen LogP contribution in [0.3, 0.4) is 0 Å². The number of benzene rings is 1. The molecule has 0 aliphatic heterocycles. The number of furan rings is 1. The third-order valence-corrected chi connectivity index (χ3v) is 4.98. The van der Waals surface area contributed by atoms with Crippen molar-refractivity contribution >= 4 is 11.3 Å². The maximum Gasteiger partial charge on any atom is 0.133 e. The molecule has 0 amide bonds. The zero-order valence-corrected chi connectivity index (χ0v) is 14.8. The fourth-order valence-corrected chi connectivity index (χ4v) is 3.74. The van der Waals surface area contributed by atoms with Crippen molar-refractivity contribution in [2.75, 3.05) is 6.54 Å². The normalized spacial score (nSPS) is 12.7. The van der Waals surface area contributed by atoms with Crippen LogP contribution >= 0.6 is 11.3 Å². The second-order valence-corrected chi connectivity index (χ2v) is 7.22. The van der Waals surface area contributed by atoms with E-state index in [4.69, 9.17) is 4.42 Å². The molecule has 2 heterocycles. The van der Waals surface area contributed by atoms with Gasteiger partial charge in [0.25, 0.3) is 0 Å². The second-order valence-electron chi connectivity index (χ2n) is 5.93. The van der Waals surface area contributed by atoms with Gasteiger partial charge < -0.3 is 9.52 Å². The third-order valence-electron chi connectivity index (χ3n) is 3.92. The lowest BCUT2D eigenvalue weighted by Gasteiger charge is -2.24. The van der Waals surface area contributed by atoms with E-state index in [-0.39, 0.29) is 0 Å². The number of thiazole rings is 1. The van der Waals surface area contributed by atoms with Gasteiger partial charge in [-0.2, -0.15) is 0 Å². The molecule has 0 spiro atoms.